The first-order valence-electron chi connectivity index (χ1n) is 4.85. The van der Waals surface area contributed by atoms with Gasteiger partial charge in [-0.2, -0.15) is 5.26 Å². The van der Waals surface area contributed by atoms with Crippen LogP contribution in [0.1, 0.15) is 18.7 Å². The van der Waals surface area contributed by atoms with E-state index in [2.05, 4.69) is 11.4 Å². The molecule has 0 aromatic carbocycles. The quantitative estimate of drug-likeness (QED) is 0.846. The van der Waals surface area contributed by atoms with Crippen LogP contribution >= 0.6 is 11.3 Å². The molecule has 0 fully saturated rings. The highest BCUT2D eigenvalue weighted by atomic mass is 32.1. The zero-order valence-corrected chi connectivity index (χ0v) is 9.67. The molecule has 0 radical (unpaired) electrons. The van der Waals surface area contributed by atoms with Crippen LogP contribution in [-0.4, -0.2) is 11.9 Å². The van der Waals surface area contributed by atoms with Crippen LogP contribution in [0.5, 0.6) is 0 Å². The summed E-state index contributed by atoms with van der Waals surface area (Å²) in [4.78, 5) is 12.5. The van der Waals surface area contributed by atoms with Gasteiger partial charge in [-0.3, -0.25) is 4.79 Å². The van der Waals surface area contributed by atoms with E-state index in [1.54, 1.807) is 11.3 Å². The third kappa shape index (κ3) is 3.72. The number of nitriles is 1. The number of hydrogen-bond donors (Lipinski definition) is 1. The monoisotopic (exact) mass is 222 g/mol. The molecule has 1 rings (SSSR count). The Morgan fingerprint density at radius 2 is 2.40 bits per heavy atom. The minimum absolute atomic E-state index is 0.0855. The predicted octanol–water partition coefficient (Wildman–Crippen LogP) is 1.95. The van der Waals surface area contributed by atoms with E-state index in [4.69, 9.17) is 5.26 Å². The van der Waals surface area contributed by atoms with E-state index >= 15 is 0 Å². The fraction of sp³-hybridized carbons (Fsp3) is 0.455. The Kier molecular flexibility index (Phi) is 4.32. The van der Waals surface area contributed by atoms with Crippen molar-refractivity contribution in [1.29, 1.82) is 5.26 Å². The van der Waals surface area contributed by atoms with Crippen LogP contribution in [0.25, 0.3) is 0 Å². The Hall–Kier alpha value is -1.34. The number of rotatable bonds is 4. The fourth-order valence-electron chi connectivity index (χ4n) is 1.14. The molecule has 0 saturated heterocycles. The van der Waals surface area contributed by atoms with E-state index in [0.717, 1.165) is 4.88 Å². The number of nitrogens with one attached hydrogen (secondary N) is 1. The van der Waals surface area contributed by atoms with Crippen molar-refractivity contribution in [2.75, 3.05) is 0 Å². The van der Waals surface area contributed by atoms with E-state index in [-0.39, 0.29) is 11.8 Å². The molecular weight excluding hydrogens is 208 g/mol. The summed E-state index contributed by atoms with van der Waals surface area (Å²) in [6.45, 7) is 3.83. The van der Waals surface area contributed by atoms with Gasteiger partial charge in [0, 0.05) is 4.88 Å². The molecule has 0 aliphatic heterocycles. The largest absolute Gasteiger partial charge is 0.340 e. The van der Waals surface area contributed by atoms with Gasteiger partial charge in [0.25, 0.3) is 0 Å². The van der Waals surface area contributed by atoms with Gasteiger partial charge in [0.05, 0.1) is 12.5 Å². The van der Waals surface area contributed by atoms with Crippen LogP contribution in [0.15, 0.2) is 17.5 Å². The first-order chi connectivity index (χ1) is 7.13. The van der Waals surface area contributed by atoms with Crippen LogP contribution < -0.4 is 5.32 Å². The first kappa shape index (κ1) is 11.7. The lowest BCUT2D eigenvalue weighted by atomic mass is 10.1. The van der Waals surface area contributed by atoms with Crippen LogP contribution in [0.3, 0.4) is 0 Å². The van der Waals surface area contributed by atoms with Gasteiger partial charge in [-0.05, 0) is 17.4 Å². The second kappa shape index (κ2) is 5.52. The van der Waals surface area contributed by atoms with Crippen molar-refractivity contribution >= 4 is 17.2 Å². The second-order valence-electron chi connectivity index (χ2n) is 3.67. The summed E-state index contributed by atoms with van der Waals surface area (Å²) in [7, 11) is 0. The second-order valence-corrected chi connectivity index (χ2v) is 4.71. The number of carbonyl (C=O) groups excluding carboxylic acids is 1. The summed E-state index contributed by atoms with van der Waals surface area (Å²) in [5.74, 6) is 0.0555. The Morgan fingerprint density at radius 3 is 2.87 bits per heavy atom. The van der Waals surface area contributed by atoms with E-state index in [0.29, 0.717) is 6.42 Å². The van der Waals surface area contributed by atoms with Crippen molar-refractivity contribution in [3.63, 3.8) is 0 Å². The Balaban J connectivity index is 2.46. The third-order valence-corrected chi connectivity index (χ3v) is 2.91. The summed E-state index contributed by atoms with van der Waals surface area (Å²) in [6.07, 6.45) is 0.364. The molecule has 1 N–H and O–H groups in total. The molecule has 0 aliphatic carbocycles. The van der Waals surface area contributed by atoms with E-state index in [1.165, 1.54) is 0 Å². The van der Waals surface area contributed by atoms with Crippen molar-refractivity contribution in [2.24, 2.45) is 5.92 Å². The SMILES string of the molecule is CC(C)C(C#N)NC(=O)Cc1cccs1. The van der Waals surface area contributed by atoms with Gasteiger partial charge in [-0.15, -0.1) is 11.3 Å². The molecule has 3 nitrogen and oxygen atoms in total. The van der Waals surface area contributed by atoms with Crippen molar-refractivity contribution in [1.82, 2.24) is 5.32 Å². The minimum Gasteiger partial charge on any atom is -0.340 e. The summed E-state index contributed by atoms with van der Waals surface area (Å²) < 4.78 is 0. The number of amides is 1. The lowest BCUT2D eigenvalue weighted by Gasteiger charge is -2.14. The lowest BCUT2D eigenvalue weighted by molar-refractivity contribution is -0.121. The van der Waals surface area contributed by atoms with Crippen molar-refractivity contribution < 1.29 is 4.79 Å². The smallest absolute Gasteiger partial charge is 0.226 e. The normalized spacial score (nSPS) is 12.1. The van der Waals surface area contributed by atoms with Crippen LogP contribution in [0.4, 0.5) is 0 Å². The maximum atomic E-state index is 11.5. The number of nitrogens with zero attached hydrogens (tertiary/aromatic N) is 1. The molecule has 1 amide bonds. The van der Waals surface area contributed by atoms with Gasteiger partial charge in [0.15, 0.2) is 0 Å². The van der Waals surface area contributed by atoms with Crippen LogP contribution in [-0.2, 0) is 11.2 Å². The summed E-state index contributed by atoms with van der Waals surface area (Å²) in [5, 5.41) is 13.5. The Morgan fingerprint density at radius 1 is 1.67 bits per heavy atom. The molecular formula is C11H14N2OS. The predicted molar refractivity (Wildman–Crippen MR) is 60.4 cm³/mol. The lowest BCUT2D eigenvalue weighted by Crippen LogP contribution is -2.38. The molecule has 0 aliphatic rings. The highest BCUT2D eigenvalue weighted by Gasteiger charge is 2.15. The van der Waals surface area contributed by atoms with Crippen LogP contribution in [0.2, 0.25) is 0 Å². The van der Waals surface area contributed by atoms with Gasteiger partial charge in [-0.1, -0.05) is 19.9 Å². The molecule has 4 heteroatoms. The maximum absolute atomic E-state index is 11.5. The zero-order chi connectivity index (χ0) is 11.3. The molecule has 1 unspecified atom stereocenters. The molecule has 0 spiro atoms. The number of hydrogen-bond acceptors (Lipinski definition) is 3. The fourth-order valence-corrected chi connectivity index (χ4v) is 1.85. The average molecular weight is 222 g/mol. The topological polar surface area (TPSA) is 52.9 Å². The minimum atomic E-state index is -0.391. The summed E-state index contributed by atoms with van der Waals surface area (Å²) in [6, 6.07) is 5.52. The molecule has 1 aromatic heterocycles. The molecule has 0 saturated carbocycles. The van der Waals surface area contributed by atoms with Gasteiger partial charge in [0.2, 0.25) is 5.91 Å². The Bertz CT molecular complexity index is 351. The van der Waals surface area contributed by atoms with Gasteiger partial charge in [-0.25, -0.2) is 0 Å². The van der Waals surface area contributed by atoms with Gasteiger partial charge >= 0.3 is 0 Å². The molecule has 80 valence electrons. The first-order valence-corrected chi connectivity index (χ1v) is 5.73. The molecule has 1 atom stereocenters. The molecule has 15 heavy (non-hydrogen) atoms. The summed E-state index contributed by atoms with van der Waals surface area (Å²) in [5.41, 5.74) is 0. The summed E-state index contributed by atoms with van der Waals surface area (Å²) >= 11 is 1.55. The van der Waals surface area contributed by atoms with Gasteiger partial charge < -0.3 is 5.32 Å². The Labute approximate surface area is 93.7 Å². The average Bonchev–Trinajstić information content (AvgIpc) is 2.66. The highest BCUT2D eigenvalue weighted by molar-refractivity contribution is 7.10. The van der Waals surface area contributed by atoms with Crippen molar-refractivity contribution in [2.45, 2.75) is 26.3 Å². The van der Waals surface area contributed by atoms with Crippen molar-refractivity contribution in [3.8, 4) is 6.07 Å². The van der Waals surface area contributed by atoms with Crippen molar-refractivity contribution in [3.05, 3.63) is 22.4 Å². The third-order valence-electron chi connectivity index (χ3n) is 2.04. The van der Waals surface area contributed by atoms with E-state index < -0.39 is 6.04 Å². The number of carbonyl (C=O) groups is 1. The van der Waals surface area contributed by atoms with E-state index in [1.807, 2.05) is 31.4 Å². The molecule has 1 aromatic rings. The maximum Gasteiger partial charge on any atom is 0.226 e. The molecule has 0 bridgehead atoms. The van der Waals surface area contributed by atoms with Gasteiger partial charge in [0.1, 0.15) is 6.04 Å². The van der Waals surface area contributed by atoms with Crippen LogP contribution in [0, 0.1) is 17.2 Å². The molecule has 1 heterocycles. The standard InChI is InChI=1S/C11H14N2OS/c1-8(2)10(7-12)13-11(14)6-9-4-3-5-15-9/h3-5,8,10H,6H2,1-2H3,(H,13,14). The highest BCUT2D eigenvalue weighted by Crippen LogP contribution is 2.09. The number of thiophene rings is 1. The van der Waals surface area contributed by atoms with E-state index in [9.17, 15) is 4.79 Å². The zero-order valence-electron chi connectivity index (χ0n) is 8.86.